The molecule has 0 unspecified atom stereocenters. The van der Waals surface area contributed by atoms with E-state index in [1.54, 1.807) is 0 Å². The monoisotopic (exact) mass is 264 g/mol. The van der Waals surface area contributed by atoms with E-state index in [4.69, 9.17) is 16.0 Å². The predicted octanol–water partition coefficient (Wildman–Crippen LogP) is 2.27. The van der Waals surface area contributed by atoms with Crippen molar-refractivity contribution in [2.24, 2.45) is 22.7 Å². The van der Waals surface area contributed by atoms with Crippen LogP contribution in [0.5, 0.6) is 0 Å². The molecule has 0 saturated heterocycles. The highest BCUT2D eigenvalue weighted by atomic mass is 35.5. The summed E-state index contributed by atoms with van der Waals surface area (Å²) in [5.41, 5.74) is 13.6. The summed E-state index contributed by atoms with van der Waals surface area (Å²) in [6, 6.07) is 0. The Labute approximate surface area is 108 Å². The number of esters is 1. The minimum atomic E-state index is -0.274. The second kappa shape index (κ2) is 11.5. The standard InChI is InChI=1S/C10H20N4O2.ClH/c1-8(2)5-9(7-11)6-10(15)16-4-3-13-14-12;/h8-9H,3-7,11H2,1-2H3;1H/t9-;/m0./s1. The van der Waals surface area contributed by atoms with Gasteiger partial charge >= 0.3 is 5.97 Å². The van der Waals surface area contributed by atoms with E-state index in [1.807, 2.05) is 0 Å². The Morgan fingerprint density at radius 1 is 1.53 bits per heavy atom. The molecule has 1 atom stereocenters. The summed E-state index contributed by atoms with van der Waals surface area (Å²) < 4.78 is 4.90. The minimum absolute atomic E-state index is 0. The Morgan fingerprint density at radius 2 is 2.18 bits per heavy atom. The van der Waals surface area contributed by atoms with E-state index >= 15 is 0 Å². The van der Waals surface area contributed by atoms with Crippen LogP contribution >= 0.6 is 12.4 Å². The quantitative estimate of drug-likeness (QED) is 0.239. The molecular formula is C10H21ClN4O2. The van der Waals surface area contributed by atoms with Crippen LogP contribution in [-0.2, 0) is 9.53 Å². The third-order valence-corrected chi connectivity index (χ3v) is 2.11. The van der Waals surface area contributed by atoms with Gasteiger partial charge in [-0.2, -0.15) is 0 Å². The fraction of sp³-hybridized carbons (Fsp3) is 0.900. The lowest BCUT2D eigenvalue weighted by atomic mass is 9.94. The second-order valence-corrected chi connectivity index (χ2v) is 4.11. The zero-order chi connectivity index (χ0) is 12.4. The lowest BCUT2D eigenvalue weighted by molar-refractivity contribution is -0.144. The molecule has 0 aliphatic rings. The lowest BCUT2D eigenvalue weighted by Crippen LogP contribution is -2.21. The molecule has 7 heteroatoms. The zero-order valence-electron chi connectivity index (χ0n) is 10.3. The number of rotatable bonds is 8. The van der Waals surface area contributed by atoms with Crippen LogP contribution in [-0.4, -0.2) is 25.7 Å². The van der Waals surface area contributed by atoms with E-state index in [-0.39, 0.29) is 37.4 Å². The van der Waals surface area contributed by atoms with Crippen molar-refractivity contribution in [1.29, 1.82) is 0 Å². The van der Waals surface area contributed by atoms with E-state index in [0.717, 1.165) is 6.42 Å². The van der Waals surface area contributed by atoms with E-state index < -0.39 is 0 Å². The van der Waals surface area contributed by atoms with Gasteiger partial charge in [-0.25, -0.2) is 0 Å². The number of hydrogen-bond donors (Lipinski definition) is 1. The molecule has 0 rings (SSSR count). The molecule has 0 aromatic rings. The van der Waals surface area contributed by atoms with Gasteiger partial charge in [-0.15, -0.1) is 12.4 Å². The van der Waals surface area contributed by atoms with Crippen molar-refractivity contribution < 1.29 is 9.53 Å². The number of carbonyl (C=O) groups excluding carboxylic acids is 1. The third kappa shape index (κ3) is 11.3. The van der Waals surface area contributed by atoms with Crippen molar-refractivity contribution in [2.75, 3.05) is 19.7 Å². The highest BCUT2D eigenvalue weighted by molar-refractivity contribution is 5.85. The average molecular weight is 265 g/mol. The van der Waals surface area contributed by atoms with Gasteiger partial charge in [0.1, 0.15) is 0 Å². The highest BCUT2D eigenvalue weighted by Crippen LogP contribution is 2.14. The normalized spacial score (nSPS) is 11.3. The van der Waals surface area contributed by atoms with Crippen LogP contribution in [0.1, 0.15) is 26.7 Å². The van der Waals surface area contributed by atoms with E-state index in [0.29, 0.717) is 18.9 Å². The molecular weight excluding hydrogens is 244 g/mol. The molecule has 0 amide bonds. The molecule has 17 heavy (non-hydrogen) atoms. The number of nitrogens with two attached hydrogens (primary N) is 1. The van der Waals surface area contributed by atoms with Gasteiger partial charge in [0, 0.05) is 11.3 Å². The summed E-state index contributed by atoms with van der Waals surface area (Å²) in [5.74, 6) is 0.417. The van der Waals surface area contributed by atoms with Crippen LogP contribution < -0.4 is 5.73 Å². The minimum Gasteiger partial charge on any atom is -0.466 e. The summed E-state index contributed by atoms with van der Waals surface area (Å²) in [6.07, 6.45) is 1.26. The van der Waals surface area contributed by atoms with Gasteiger partial charge in [0.15, 0.2) is 0 Å². The van der Waals surface area contributed by atoms with E-state index in [1.165, 1.54) is 0 Å². The maximum atomic E-state index is 11.3. The SMILES string of the molecule is CC(C)C[C@H](CN)CC(=O)OCCN=[N+]=[N-].Cl. The number of carbonyl (C=O) groups is 1. The Balaban J connectivity index is 0. The zero-order valence-corrected chi connectivity index (χ0v) is 11.2. The first-order valence-electron chi connectivity index (χ1n) is 5.46. The highest BCUT2D eigenvalue weighted by Gasteiger charge is 2.14. The van der Waals surface area contributed by atoms with Gasteiger partial charge in [0.25, 0.3) is 0 Å². The van der Waals surface area contributed by atoms with E-state index in [2.05, 4.69) is 23.9 Å². The Hall–Kier alpha value is -0.970. The maximum absolute atomic E-state index is 11.3. The van der Waals surface area contributed by atoms with Gasteiger partial charge in [0.2, 0.25) is 0 Å². The molecule has 2 N–H and O–H groups in total. The molecule has 0 fully saturated rings. The summed E-state index contributed by atoms with van der Waals surface area (Å²) >= 11 is 0. The fourth-order valence-electron chi connectivity index (χ4n) is 1.47. The first kappa shape index (κ1) is 18.4. The number of hydrogen-bond acceptors (Lipinski definition) is 4. The Bertz CT molecular complexity index is 255. The molecule has 0 spiro atoms. The topological polar surface area (TPSA) is 101 Å². The summed E-state index contributed by atoms with van der Waals surface area (Å²) in [6.45, 7) is 5.00. The van der Waals surface area contributed by atoms with Gasteiger partial charge in [-0.1, -0.05) is 19.0 Å². The Kier molecular flexibility index (Phi) is 12.5. The largest absolute Gasteiger partial charge is 0.466 e. The number of halogens is 1. The first-order chi connectivity index (χ1) is 7.60. The van der Waals surface area contributed by atoms with Crippen molar-refractivity contribution in [3.8, 4) is 0 Å². The van der Waals surface area contributed by atoms with Crippen molar-refractivity contribution in [1.82, 2.24) is 0 Å². The van der Waals surface area contributed by atoms with Gasteiger partial charge in [-0.05, 0) is 30.3 Å². The van der Waals surface area contributed by atoms with E-state index in [9.17, 15) is 4.79 Å². The lowest BCUT2D eigenvalue weighted by Gasteiger charge is -2.15. The van der Waals surface area contributed by atoms with Crippen LogP contribution in [0.2, 0.25) is 0 Å². The smallest absolute Gasteiger partial charge is 0.306 e. The van der Waals surface area contributed by atoms with Gasteiger partial charge in [0.05, 0.1) is 13.2 Å². The van der Waals surface area contributed by atoms with Crippen LogP contribution in [0.15, 0.2) is 5.11 Å². The number of nitrogens with zero attached hydrogens (tertiary/aromatic N) is 3. The molecule has 0 aromatic heterocycles. The van der Waals surface area contributed by atoms with Crippen LogP contribution in [0.4, 0.5) is 0 Å². The fourth-order valence-corrected chi connectivity index (χ4v) is 1.47. The molecule has 0 bridgehead atoms. The van der Waals surface area contributed by atoms with Crippen LogP contribution in [0.3, 0.4) is 0 Å². The summed E-state index contributed by atoms with van der Waals surface area (Å²) in [7, 11) is 0. The van der Waals surface area contributed by atoms with Crippen molar-refractivity contribution in [3.05, 3.63) is 10.4 Å². The second-order valence-electron chi connectivity index (χ2n) is 4.11. The van der Waals surface area contributed by atoms with Crippen molar-refractivity contribution in [2.45, 2.75) is 26.7 Å². The molecule has 100 valence electrons. The molecule has 0 radical (unpaired) electrons. The Morgan fingerprint density at radius 3 is 2.65 bits per heavy atom. The summed E-state index contributed by atoms with van der Waals surface area (Å²) in [4.78, 5) is 13.9. The van der Waals surface area contributed by atoms with Crippen LogP contribution in [0.25, 0.3) is 10.4 Å². The number of ether oxygens (including phenoxy) is 1. The third-order valence-electron chi connectivity index (χ3n) is 2.11. The summed E-state index contributed by atoms with van der Waals surface area (Å²) in [5, 5.41) is 3.27. The molecule has 0 aliphatic carbocycles. The van der Waals surface area contributed by atoms with Crippen molar-refractivity contribution in [3.63, 3.8) is 0 Å². The van der Waals surface area contributed by atoms with Crippen LogP contribution in [0, 0.1) is 11.8 Å². The van der Waals surface area contributed by atoms with Crippen molar-refractivity contribution >= 4 is 18.4 Å². The molecule has 0 saturated carbocycles. The molecule has 0 aliphatic heterocycles. The predicted molar refractivity (Wildman–Crippen MR) is 68.8 cm³/mol. The van der Waals surface area contributed by atoms with Gasteiger partial charge in [-0.3, -0.25) is 4.79 Å². The first-order valence-corrected chi connectivity index (χ1v) is 5.46. The molecule has 6 nitrogen and oxygen atoms in total. The molecule has 0 aromatic carbocycles. The maximum Gasteiger partial charge on any atom is 0.306 e. The average Bonchev–Trinajstić information content (AvgIpc) is 2.23. The van der Waals surface area contributed by atoms with Gasteiger partial charge < -0.3 is 10.5 Å². The molecule has 0 heterocycles. The number of azide groups is 1.